The van der Waals surface area contributed by atoms with Crippen molar-refractivity contribution in [3.8, 4) is 0 Å². The molecule has 110 valence electrons. The van der Waals surface area contributed by atoms with Gasteiger partial charge in [-0.25, -0.2) is 4.79 Å². The molecule has 1 aromatic carbocycles. The average molecular weight is 311 g/mol. The summed E-state index contributed by atoms with van der Waals surface area (Å²) in [6.45, 7) is 5.55. The largest absolute Gasteiger partial charge is 0.444 e. The number of rotatable bonds is 3. The first kappa shape index (κ1) is 17.0. The fourth-order valence-corrected chi connectivity index (χ4v) is 2.52. The zero-order chi connectivity index (χ0) is 15.3. The van der Waals surface area contributed by atoms with Gasteiger partial charge in [-0.3, -0.25) is 4.90 Å². The van der Waals surface area contributed by atoms with Crippen molar-refractivity contribution < 1.29 is 9.53 Å². The Morgan fingerprint density at radius 2 is 1.85 bits per heavy atom. The third-order valence-corrected chi connectivity index (χ3v) is 3.96. The van der Waals surface area contributed by atoms with Crippen LogP contribution in [0.2, 0.25) is 0 Å². The zero-order valence-corrected chi connectivity index (χ0v) is 14.2. The zero-order valence-electron chi connectivity index (χ0n) is 12.5. The summed E-state index contributed by atoms with van der Waals surface area (Å²) in [6, 6.07) is 9.48. The molecular weight excluding hydrogens is 290 g/mol. The van der Waals surface area contributed by atoms with Gasteiger partial charge in [0.05, 0.1) is 4.20 Å². The van der Waals surface area contributed by atoms with Crippen LogP contribution in [-0.2, 0) is 4.74 Å². The van der Waals surface area contributed by atoms with E-state index in [1.54, 1.807) is 11.9 Å². The van der Waals surface area contributed by atoms with Crippen LogP contribution in [-0.4, -0.2) is 34.1 Å². The van der Waals surface area contributed by atoms with Gasteiger partial charge in [-0.1, -0.05) is 42.5 Å². The van der Waals surface area contributed by atoms with E-state index in [4.69, 9.17) is 17.0 Å². The molecule has 1 rings (SSSR count). The van der Waals surface area contributed by atoms with Crippen LogP contribution in [0.15, 0.2) is 30.3 Å². The minimum absolute atomic E-state index is 0.268. The lowest BCUT2D eigenvalue weighted by Crippen LogP contribution is -2.38. The minimum atomic E-state index is -0.520. The molecule has 0 saturated heterocycles. The monoisotopic (exact) mass is 311 g/mol. The smallest absolute Gasteiger partial charge is 0.410 e. The lowest BCUT2D eigenvalue weighted by Gasteiger charge is -2.31. The van der Waals surface area contributed by atoms with Crippen LogP contribution >= 0.6 is 24.0 Å². The maximum absolute atomic E-state index is 12.2. The highest BCUT2D eigenvalue weighted by Crippen LogP contribution is 2.27. The fourth-order valence-electron chi connectivity index (χ4n) is 1.70. The van der Waals surface area contributed by atoms with Gasteiger partial charge < -0.3 is 4.74 Å². The van der Waals surface area contributed by atoms with Crippen molar-refractivity contribution in [1.29, 1.82) is 0 Å². The van der Waals surface area contributed by atoms with E-state index in [9.17, 15) is 4.79 Å². The van der Waals surface area contributed by atoms with E-state index in [0.717, 1.165) is 9.76 Å². The van der Waals surface area contributed by atoms with Gasteiger partial charge in [0.25, 0.3) is 0 Å². The highest BCUT2D eigenvalue weighted by Gasteiger charge is 2.28. The molecule has 3 nitrogen and oxygen atoms in total. The van der Waals surface area contributed by atoms with Crippen molar-refractivity contribution in [2.24, 2.45) is 0 Å². The lowest BCUT2D eigenvalue weighted by atomic mass is 10.1. The molecule has 1 aromatic rings. The van der Waals surface area contributed by atoms with Crippen LogP contribution in [0.1, 0.15) is 32.4 Å². The van der Waals surface area contributed by atoms with Crippen molar-refractivity contribution in [2.75, 3.05) is 13.3 Å². The molecule has 0 N–H and O–H groups in total. The molecule has 1 amide bonds. The number of amides is 1. The molecule has 0 heterocycles. The standard InChI is InChI=1S/C15H21NO2S2/c1-15(2,3)18-14(17)16(4)12(13(19)20-5)11-9-7-6-8-10-11/h6-10,12H,1-5H3/t12-/m0/s1. The van der Waals surface area contributed by atoms with E-state index in [2.05, 4.69) is 0 Å². The van der Waals surface area contributed by atoms with Gasteiger partial charge in [0, 0.05) is 7.05 Å². The Kier molecular flexibility index (Phi) is 6.02. The molecule has 0 aliphatic heterocycles. The summed E-state index contributed by atoms with van der Waals surface area (Å²) in [5.41, 5.74) is 0.466. The van der Waals surface area contributed by atoms with E-state index in [-0.39, 0.29) is 12.1 Å². The first-order chi connectivity index (χ1) is 9.26. The first-order valence-electron chi connectivity index (χ1n) is 6.35. The number of hydrogen-bond donors (Lipinski definition) is 0. The van der Waals surface area contributed by atoms with Crippen molar-refractivity contribution in [3.63, 3.8) is 0 Å². The summed E-state index contributed by atoms with van der Waals surface area (Å²) < 4.78 is 6.16. The van der Waals surface area contributed by atoms with Gasteiger partial charge >= 0.3 is 6.09 Å². The van der Waals surface area contributed by atoms with E-state index < -0.39 is 5.60 Å². The van der Waals surface area contributed by atoms with Gasteiger partial charge in [0.2, 0.25) is 0 Å². The summed E-state index contributed by atoms with van der Waals surface area (Å²) >= 11 is 6.88. The molecule has 0 fully saturated rings. The summed E-state index contributed by atoms with van der Waals surface area (Å²) in [7, 11) is 1.72. The van der Waals surface area contributed by atoms with E-state index in [1.165, 1.54) is 11.8 Å². The van der Waals surface area contributed by atoms with Crippen LogP contribution in [0.3, 0.4) is 0 Å². The number of carbonyl (C=O) groups excluding carboxylic acids is 1. The van der Waals surface area contributed by atoms with E-state index in [0.29, 0.717) is 0 Å². The van der Waals surface area contributed by atoms with Gasteiger partial charge in [0.15, 0.2) is 0 Å². The van der Waals surface area contributed by atoms with Crippen molar-refractivity contribution >= 4 is 34.3 Å². The van der Waals surface area contributed by atoms with E-state index >= 15 is 0 Å². The van der Waals surface area contributed by atoms with Crippen molar-refractivity contribution in [3.05, 3.63) is 35.9 Å². The quantitative estimate of drug-likeness (QED) is 0.779. The second-order valence-electron chi connectivity index (χ2n) is 5.43. The molecule has 0 saturated carbocycles. The molecule has 0 aromatic heterocycles. The van der Waals surface area contributed by atoms with Crippen LogP contribution in [0.4, 0.5) is 4.79 Å². The third kappa shape index (κ3) is 4.80. The van der Waals surface area contributed by atoms with Crippen molar-refractivity contribution in [2.45, 2.75) is 32.4 Å². The highest BCUT2D eigenvalue weighted by molar-refractivity contribution is 8.22. The second kappa shape index (κ2) is 7.09. The number of thioether (sulfide) groups is 1. The Labute approximate surface area is 130 Å². The molecule has 0 unspecified atom stereocenters. The Morgan fingerprint density at radius 1 is 1.30 bits per heavy atom. The number of thiocarbonyl (C=S) groups is 1. The number of hydrogen-bond acceptors (Lipinski definition) is 4. The maximum Gasteiger partial charge on any atom is 0.410 e. The summed E-state index contributed by atoms with van der Waals surface area (Å²) in [4.78, 5) is 13.8. The molecular formula is C15H21NO2S2. The molecule has 0 aliphatic carbocycles. The highest BCUT2D eigenvalue weighted by atomic mass is 32.2. The van der Waals surface area contributed by atoms with Gasteiger partial charge in [-0.05, 0) is 32.6 Å². The van der Waals surface area contributed by atoms with Gasteiger partial charge in [-0.2, -0.15) is 0 Å². The van der Waals surface area contributed by atoms with Crippen molar-refractivity contribution in [1.82, 2.24) is 4.90 Å². The second-order valence-corrected chi connectivity index (χ2v) is 6.97. The van der Waals surface area contributed by atoms with Crippen LogP contribution in [0, 0.1) is 0 Å². The Balaban J connectivity index is 3.00. The number of carbonyl (C=O) groups is 1. The van der Waals surface area contributed by atoms with Gasteiger partial charge in [0.1, 0.15) is 11.6 Å². The molecule has 0 bridgehead atoms. The third-order valence-electron chi connectivity index (χ3n) is 2.61. The molecule has 0 aliphatic rings. The maximum atomic E-state index is 12.2. The Hall–Kier alpha value is -1.07. The Morgan fingerprint density at radius 3 is 2.30 bits per heavy atom. The minimum Gasteiger partial charge on any atom is -0.444 e. The van der Waals surface area contributed by atoms with Gasteiger partial charge in [-0.15, -0.1) is 11.8 Å². The Bertz CT molecular complexity index is 469. The number of benzene rings is 1. The summed E-state index contributed by atoms with van der Waals surface area (Å²) in [5.74, 6) is 0. The first-order valence-corrected chi connectivity index (χ1v) is 7.98. The number of ether oxygens (including phenoxy) is 1. The molecule has 0 spiro atoms. The molecule has 5 heteroatoms. The normalized spacial score (nSPS) is 12.7. The molecule has 1 atom stereocenters. The summed E-state index contributed by atoms with van der Waals surface area (Å²) in [5, 5.41) is 0. The molecule has 0 radical (unpaired) electrons. The topological polar surface area (TPSA) is 29.5 Å². The van der Waals surface area contributed by atoms with Crippen LogP contribution in [0.25, 0.3) is 0 Å². The lowest BCUT2D eigenvalue weighted by molar-refractivity contribution is 0.0269. The average Bonchev–Trinajstić information content (AvgIpc) is 2.37. The summed E-state index contributed by atoms with van der Waals surface area (Å²) in [6.07, 6.45) is 1.55. The van der Waals surface area contributed by atoms with Crippen LogP contribution in [0.5, 0.6) is 0 Å². The van der Waals surface area contributed by atoms with E-state index in [1.807, 2.05) is 57.4 Å². The number of nitrogens with zero attached hydrogens (tertiary/aromatic N) is 1. The SMILES string of the molecule is CSC(=S)[C@H](c1ccccc1)N(C)C(=O)OC(C)(C)C. The fraction of sp³-hybridized carbons (Fsp3) is 0.467. The van der Waals surface area contributed by atoms with Crippen LogP contribution < -0.4 is 0 Å². The predicted octanol–water partition coefficient (Wildman–Crippen LogP) is 4.29. The predicted molar refractivity (Wildman–Crippen MR) is 89.3 cm³/mol. The molecule has 20 heavy (non-hydrogen) atoms.